The lowest BCUT2D eigenvalue weighted by atomic mass is 9.66. The zero-order chi connectivity index (χ0) is 72.0. The number of nitrogens with zero attached hydrogens (tertiary/aromatic N) is 5. The van der Waals surface area contributed by atoms with Gasteiger partial charge in [0.05, 0.1) is 54.9 Å². The van der Waals surface area contributed by atoms with Crippen LogP contribution >= 0.6 is 0 Å². The SMILES string of the molecule is [2H]c1c([2H])c(-c2nc(-c3cccc(-n4c5c([2H])c([2H])c([2H])c([2H])c5c5c([2H])c([2H])c([2H])c([2H])c54)c3)nc(-n3c4c([2H])c([2H])c([2H])c([2H])c4c4c([2H])c([2H])c([2H])c([2H])c43)n2)c([2H])c([Si](c2ccccc2)(c2ccccc2)c2ccc3c(c2)C2(c4ccccc4O3)c3ccccc3-c3ccccc32)c1[2H]. The standard InChI is InChI=1S/C76H49N5OSi/c1-3-26-53(27-4-1)83(54-28-5-2-6-29-54,56-45-46-72-66(49-56)76(65-39-15-20-44-71(65)82-72)63-37-13-7-31-57(63)58-32-8-14-38-64(58)76)55-30-22-24-51(48-55)74-77-73(78-75(79-74)81-69-42-18-11-35-61(69)62-36-12-19-43-70(62)81)50-23-21-25-52(47-50)80-67-40-16-9-33-59(67)60-34-10-17-41-68(60)80/h1-49H/i9D,10D,11D,12D,16D,17D,18D,19D,22D,24D,30D,33D,34D,35D,36D,40D,41D,42D,43D,48D. The summed E-state index contributed by atoms with van der Waals surface area (Å²) in [6, 6.07) is 42.1. The van der Waals surface area contributed by atoms with Crippen LogP contribution in [0.4, 0.5) is 0 Å². The van der Waals surface area contributed by atoms with Gasteiger partial charge in [-0.3, -0.25) is 4.57 Å². The molecule has 0 amide bonds. The van der Waals surface area contributed by atoms with Gasteiger partial charge in [-0.05, 0) is 91.4 Å². The largest absolute Gasteiger partial charge is 0.457 e. The fourth-order valence-corrected chi connectivity index (χ4v) is 17.3. The molecule has 388 valence electrons. The second-order valence-electron chi connectivity index (χ2n) is 20.3. The van der Waals surface area contributed by atoms with Gasteiger partial charge in [0.25, 0.3) is 0 Å². The maximum atomic E-state index is 11.1. The van der Waals surface area contributed by atoms with Gasteiger partial charge in [-0.25, -0.2) is 4.98 Å². The highest BCUT2D eigenvalue weighted by Gasteiger charge is 2.52. The minimum absolute atomic E-state index is 0.0178. The quantitative estimate of drug-likeness (QED) is 0.112. The number of rotatable bonds is 8. The molecule has 1 aliphatic carbocycles. The minimum Gasteiger partial charge on any atom is -0.457 e. The molecule has 2 aliphatic rings. The summed E-state index contributed by atoms with van der Waals surface area (Å²) in [6.45, 7) is 0. The summed E-state index contributed by atoms with van der Waals surface area (Å²) in [5, 5.41) is 0.902. The Morgan fingerprint density at radius 1 is 0.361 bits per heavy atom. The van der Waals surface area contributed by atoms with Crippen LogP contribution in [0, 0.1) is 0 Å². The third kappa shape index (κ3) is 6.86. The van der Waals surface area contributed by atoms with Gasteiger partial charge in [-0.2, -0.15) is 9.97 Å². The van der Waals surface area contributed by atoms with Gasteiger partial charge in [-0.1, -0.05) is 248 Å². The Balaban J connectivity index is 1.00. The topological polar surface area (TPSA) is 57.8 Å². The summed E-state index contributed by atoms with van der Waals surface area (Å²) >= 11 is 0. The average Bonchev–Trinajstić information content (AvgIpc) is 1.69. The summed E-state index contributed by atoms with van der Waals surface area (Å²) in [4.78, 5) is 15.1. The molecule has 0 unspecified atom stereocenters. The second-order valence-corrected chi connectivity index (χ2v) is 24.0. The number of hydrogen-bond donors (Lipinski definition) is 0. The Morgan fingerprint density at radius 2 is 0.867 bits per heavy atom. The van der Waals surface area contributed by atoms with E-state index in [4.69, 9.17) is 33.4 Å². The van der Waals surface area contributed by atoms with Gasteiger partial charge in [0, 0.05) is 49.5 Å². The molecule has 17 rings (SSSR count). The predicted octanol–water partition coefficient (Wildman–Crippen LogP) is 15.2. The molecule has 1 aliphatic heterocycles. The van der Waals surface area contributed by atoms with E-state index in [1.807, 2.05) is 115 Å². The number of benzene rings is 12. The molecular formula is C76H49N5OSi. The van der Waals surface area contributed by atoms with Crippen LogP contribution in [0.15, 0.2) is 297 Å². The van der Waals surface area contributed by atoms with Crippen molar-refractivity contribution in [3.05, 3.63) is 319 Å². The van der Waals surface area contributed by atoms with Crippen LogP contribution in [0.2, 0.25) is 0 Å². The lowest BCUT2D eigenvalue weighted by molar-refractivity contribution is 0.436. The number of aromatic nitrogens is 5. The monoisotopic (exact) mass is 1100 g/mol. The summed E-state index contributed by atoms with van der Waals surface area (Å²) in [6.07, 6.45) is 0. The first-order valence-corrected chi connectivity index (χ1v) is 28.7. The Bertz CT molecular complexity index is 6090. The van der Waals surface area contributed by atoms with Crippen molar-refractivity contribution in [2.45, 2.75) is 5.41 Å². The zero-order valence-corrected chi connectivity index (χ0v) is 44.4. The van der Waals surface area contributed by atoms with E-state index in [0.29, 0.717) is 27.1 Å². The third-order valence-electron chi connectivity index (χ3n) is 16.2. The Labute approximate surface area is 508 Å². The average molecular weight is 1100 g/mol. The van der Waals surface area contributed by atoms with Gasteiger partial charge >= 0.3 is 0 Å². The van der Waals surface area contributed by atoms with E-state index in [1.165, 1.54) is 28.8 Å². The molecule has 0 radical (unpaired) electrons. The molecular weight excluding hydrogens is 1030 g/mol. The molecule has 4 heterocycles. The summed E-state index contributed by atoms with van der Waals surface area (Å²) < 4.78 is 197. The van der Waals surface area contributed by atoms with Gasteiger partial charge in [-0.15, -0.1) is 0 Å². The highest BCUT2D eigenvalue weighted by Crippen LogP contribution is 2.62. The van der Waals surface area contributed by atoms with E-state index >= 15 is 0 Å². The van der Waals surface area contributed by atoms with E-state index in [2.05, 4.69) is 36.4 Å². The number of fused-ring (bicyclic) bond motifs is 15. The Kier molecular flexibility index (Phi) is 6.94. The van der Waals surface area contributed by atoms with Crippen LogP contribution in [0.25, 0.3) is 89.2 Å². The van der Waals surface area contributed by atoms with Crippen molar-refractivity contribution in [1.29, 1.82) is 0 Å². The van der Waals surface area contributed by atoms with Crippen molar-refractivity contribution in [2.75, 3.05) is 0 Å². The fourth-order valence-electron chi connectivity index (χ4n) is 12.8. The van der Waals surface area contributed by atoms with Gasteiger partial charge in [0.2, 0.25) is 5.95 Å². The van der Waals surface area contributed by atoms with Gasteiger partial charge in [0.15, 0.2) is 19.7 Å². The molecule has 83 heavy (non-hydrogen) atoms. The zero-order valence-electron chi connectivity index (χ0n) is 63.4. The smallest absolute Gasteiger partial charge is 0.238 e. The highest BCUT2D eigenvalue weighted by molar-refractivity contribution is 7.20. The van der Waals surface area contributed by atoms with Crippen molar-refractivity contribution >= 4 is 72.4 Å². The van der Waals surface area contributed by atoms with E-state index in [9.17, 15) is 13.7 Å². The van der Waals surface area contributed by atoms with E-state index < -0.39 is 163 Å². The Morgan fingerprint density at radius 3 is 1.47 bits per heavy atom. The molecule has 0 fully saturated rings. The summed E-state index contributed by atoms with van der Waals surface area (Å²) in [5.74, 6) is -0.265. The highest BCUT2D eigenvalue weighted by atomic mass is 28.3. The molecule has 0 saturated carbocycles. The van der Waals surface area contributed by atoms with Crippen LogP contribution in [0.5, 0.6) is 11.5 Å². The van der Waals surface area contributed by atoms with Crippen LogP contribution < -0.4 is 25.5 Å². The van der Waals surface area contributed by atoms with Gasteiger partial charge < -0.3 is 9.30 Å². The summed E-state index contributed by atoms with van der Waals surface area (Å²) in [5.41, 5.74) is 3.04. The van der Waals surface area contributed by atoms with E-state index in [1.54, 1.807) is 0 Å². The van der Waals surface area contributed by atoms with Crippen molar-refractivity contribution in [3.63, 3.8) is 0 Å². The lowest BCUT2D eigenvalue weighted by Crippen LogP contribution is -2.74. The second kappa shape index (κ2) is 18.4. The maximum Gasteiger partial charge on any atom is 0.238 e. The number of para-hydroxylation sites is 5. The lowest BCUT2D eigenvalue weighted by Gasteiger charge is -2.41. The van der Waals surface area contributed by atoms with Crippen LogP contribution in [0.3, 0.4) is 0 Å². The predicted molar refractivity (Wildman–Crippen MR) is 340 cm³/mol. The molecule has 1 spiro atoms. The van der Waals surface area contributed by atoms with E-state index in [0.717, 1.165) is 37.9 Å². The molecule has 15 aromatic rings. The maximum absolute atomic E-state index is 11.1. The molecule has 7 heteroatoms. The summed E-state index contributed by atoms with van der Waals surface area (Å²) in [7, 11) is -4.38. The van der Waals surface area contributed by atoms with Gasteiger partial charge in [0.1, 0.15) is 11.5 Å². The fraction of sp³-hybridized carbons (Fsp3) is 0.0132. The first-order valence-electron chi connectivity index (χ1n) is 36.7. The van der Waals surface area contributed by atoms with Crippen LogP contribution in [0.1, 0.15) is 49.7 Å². The van der Waals surface area contributed by atoms with Crippen LogP contribution in [-0.4, -0.2) is 32.2 Å². The van der Waals surface area contributed by atoms with Crippen LogP contribution in [-0.2, 0) is 5.41 Å². The molecule has 0 N–H and O–H groups in total. The van der Waals surface area contributed by atoms with Crippen molar-refractivity contribution in [1.82, 2.24) is 24.1 Å². The Hall–Kier alpha value is -10.7. The molecule has 0 atom stereocenters. The first-order chi connectivity index (χ1) is 49.5. The molecule has 0 saturated heterocycles. The van der Waals surface area contributed by atoms with Crippen molar-refractivity contribution < 1.29 is 32.2 Å². The van der Waals surface area contributed by atoms with Crippen molar-refractivity contribution in [2.24, 2.45) is 0 Å². The molecule has 3 aromatic heterocycles. The number of hydrogen-bond acceptors (Lipinski definition) is 4. The minimum atomic E-state index is -4.38. The van der Waals surface area contributed by atoms with E-state index in [-0.39, 0.29) is 54.8 Å². The molecule has 0 bridgehead atoms. The molecule has 12 aromatic carbocycles. The van der Waals surface area contributed by atoms with Crippen molar-refractivity contribution in [3.8, 4) is 57.0 Å². The number of ether oxygens (including phenoxy) is 1. The molecule has 6 nitrogen and oxygen atoms in total. The third-order valence-corrected chi connectivity index (χ3v) is 20.7. The first kappa shape index (κ1) is 31.3. The normalized spacial score (nSPS) is 16.4.